The van der Waals surface area contributed by atoms with Crippen LogP contribution in [0.5, 0.6) is 0 Å². The molecule has 15 aromatic carbocycles. The molecule has 15 aromatic rings. The molecule has 0 saturated carbocycles. The highest BCUT2D eigenvalue weighted by atomic mass is 15.2. The van der Waals surface area contributed by atoms with Gasteiger partial charge in [0.15, 0.2) is 0 Å². The number of nitrogens with zero attached hydrogens (tertiary/aromatic N) is 4. The number of fused-ring (bicyclic) bond motifs is 16. The normalized spacial score (nSPS) is 15.9. The summed E-state index contributed by atoms with van der Waals surface area (Å²) in [4.78, 5) is 6.52. The lowest BCUT2D eigenvalue weighted by molar-refractivity contribution is 0.590. The van der Waals surface area contributed by atoms with E-state index in [1.807, 2.05) is 72.8 Å². The molecule has 0 N–H and O–H groups in total. The minimum absolute atomic E-state index is 0.0375. The van der Waals surface area contributed by atoms with Crippen molar-refractivity contribution in [2.24, 2.45) is 0 Å². The molecule has 0 bridgehead atoms. The van der Waals surface area contributed by atoms with Gasteiger partial charge in [0, 0.05) is 68.2 Å². The Labute approximate surface area is 535 Å². The molecular weight excluding hydrogens is 1050 g/mol. The topological polar surface area (TPSA) is 13.0 Å². The standard InChI is InChI=1S/C82H59BN4/c1-82(2,3)54-48-79-81-80(49-54)87(60-41-45-72-68-37-19-17-33-64(68)66-35-21-23-39-70(66)74(72)51-60)78-53-62(85(57-28-12-6-13-29-57)58-30-14-7-15-31-58)43-47-76(78)83(81)75-46-42-61(84(55-24-8-4-9-25-55)56-26-10-5-11-27-56)52-77(75)86(79)59-40-44-71-67-36-18-16-32-63(67)65-34-20-22-38-69(65)73(71)50-59/h4-53H,1-3H3/i4D,5D,6D,7D,8D,9D,10D,11D,12D,13D,14D,15D,24D,25D,26D,27D,28D,29D,30D,31D. The molecule has 0 saturated heterocycles. The lowest BCUT2D eigenvalue weighted by Gasteiger charge is -2.45. The van der Waals surface area contributed by atoms with Gasteiger partial charge in [-0.05, 0) is 201 Å². The summed E-state index contributed by atoms with van der Waals surface area (Å²) in [6.07, 6.45) is 0. The van der Waals surface area contributed by atoms with E-state index in [0.29, 0.717) is 45.0 Å². The Morgan fingerprint density at radius 3 is 0.908 bits per heavy atom. The van der Waals surface area contributed by atoms with Gasteiger partial charge in [0.1, 0.15) is 0 Å². The molecule has 0 aromatic heterocycles. The summed E-state index contributed by atoms with van der Waals surface area (Å²) in [7, 11) is 0. The summed E-state index contributed by atoms with van der Waals surface area (Å²) < 4.78 is 184. The van der Waals surface area contributed by atoms with Gasteiger partial charge < -0.3 is 19.6 Å². The van der Waals surface area contributed by atoms with Gasteiger partial charge in [-0.25, -0.2) is 0 Å². The maximum absolute atomic E-state index is 9.56. The first-order chi connectivity index (χ1) is 51.1. The van der Waals surface area contributed by atoms with Gasteiger partial charge in [-0.3, -0.25) is 0 Å². The molecule has 2 aliphatic rings. The molecule has 2 aliphatic heterocycles. The van der Waals surface area contributed by atoms with E-state index in [1.54, 1.807) is 24.3 Å². The van der Waals surface area contributed by atoms with Crippen LogP contribution in [0.4, 0.5) is 68.2 Å². The van der Waals surface area contributed by atoms with Crippen molar-refractivity contribution in [1.29, 1.82) is 0 Å². The monoisotopic (exact) mass is 1130 g/mol. The highest BCUT2D eigenvalue weighted by Crippen LogP contribution is 2.51. The van der Waals surface area contributed by atoms with E-state index in [4.69, 9.17) is 16.4 Å². The van der Waals surface area contributed by atoms with Crippen molar-refractivity contribution in [3.05, 3.63) is 308 Å². The molecule has 0 amide bonds. The third kappa shape index (κ3) is 8.07. The van der Waals surface area contributed by atoms with Crippen molar-refractivity contribution < 1.29 is 27.4 Å². The molecule has 4 nitrogen and oxygen atoms in total. The fourth-order valence-corrected chi connectivity index (χ4v) is 13.5. The van der Waals surface area contributed by atoms with Gasteiger partial charge in [0.05, 0.1) is 27.4 Å². The zero-order valence-corrected chi connectivity index (χ0v) is 47.2. The number of hydrogen-bond acceptors (Lipinski definition) is 4. The molecular formula is C82H59BN4. The Bertz CT molecular complexity index is 5820. The molecule has 2 heterocycles. The molecule has 0 unspecified atom stereocenters. The number of para-hydroxylation sites is 4. The van der Waals surface area contributed by atoms with Gasteiger partial charge in [0.2, 0.25) is 0 Å². The van der Waals surface area contributed by atoms with Crippen LogP contribution in [0.25, 0.3) is 64.6 Å². The van der Waals surface area contributed by atoms with E-state index >= 15 is 0 Å². The second kappa shape index (κ2) is 19.9. The minimum Gasteiger partial charge on any atom is -0.311 e. The van der Waals surface area contributed by atoms with E-state index in [-0.39, 0.29) is 11.4 Å². The maximum atomic E-state index is 9.56. The van der Waals surface area contributed by atoms with Crippen molar-refractivity contribution in [2.75, 3.05) is 19.6 Å². The molecule has 0 spiro atoms. The first-order valence-electron chi connectivity index (χ1n) is 38.7. The average Bonchev–Trinajstić information content (AvgIpc) is 0.688. The molecule has 0 atom stereocenters. The number of benzene rings is 15. The van der Waals surface area contributed by atoms with Crippen molar-refractivity contribution in [1.82, 2.24) is 0 Å². The number of hydrogen-bond donors (Lipinski definition) is 0. The van der Waals surface area contributed by atoms with Crippen LogP contribution in [-0.4, -0.2) is 6.71 Å². The zero-order valence-electron chi connectivity index (χ0n) is 67.2. The molecule has 87 heavy (non-hydrogen) atoms. The predicted octanol–water partition coefficient (Wildman–Crippen LogP) is 20.9. The van der Waals surface area contributed by atoms with Gasteiger partial charge in [-0.15, -0.1) is 0 Å². The Balaban J connectivity index is 1.04. The predicted molar refractivity (Wildman–Crippen MR) is 374 cm³/mol. The van der Waals surface area contributed by atoms with E-state index in [9.17, 15) is 11.0 Å². The molecule has 5 heteroatoms. The van der Waals surface area contributed by atoms with Crippen molar-refractivity contribution in [2.45, 2.75) is 26.2 Å². The maximum Gasteiger partial charge on any atom is 0.252 e. The Morgan fingerprint density at radius 1 is 0.299 bits per heavy atom. The highest BCUT2D eigenvalue weighted by Gasteiger charge is 2.45. The van der Waals surface area contributed by atoms with Crippen molar-refractivity contribution in [3.63, 3.8) is 0 Å². The number of rotatable bonds is 8. The molecule has 17 rings (SSSR count). The minimum atomic E-state index is -0.838. The summed E-state index contributed by atoms with van der Waals surface area (Å²) >= 11 is 0. The molecule has 0 aliphatic carbocycles. The second-order valence-corrected chi connectivity index (χ2v) is 23.0. The first-order valence-corrected chi connectivity index (χ1v) is 28.7. The fraction of sp³-hybridized carbons (Fsp3) is 0.0488. The largest absolute Gasteiger partial charge is 0.311 e. The zero-order chi connectivity index (χ0) is 75.3. The molecule has 0 radical (unpaired) electrons. The Kier molecular flexibility index (Phi) is 7.81. The van der Waals surface area contributed by atoms with Crippen LogP contribution >= 0.6 is 0 Å². The average molecular weight is 1130 g/mol. The Hall–Kier alpha value is -10.9. The summed E-state index contributed by atoms with van der Waals surface area (Å²) in [5.74, 6) is 0. The summed E-state index contributed by atoms with van der Waals surface area (Å²) in [6.45, 7) is 5.44. The van der Waals surface area contributed by atoms with Gasteiger partial charge in [-0.1, -0.05) is 215 Å². The third-order valence-electron chi connectivity index (χ3n) is 17.2. The lowest BCUT2D eigenvalue weighted by atomic mass is 9.33. The van der Waals surface area contributed by atoms with Crippen LogP contribution in [0.1, 0.15) is 53.7 Å². The highest BCUT2D eigenvalue weighted by molar-refractivity contribution is 7.00. The van der Waals surface area contributed by atoms with Crippen LogP contribution < -0.4 is 36.0 Å². The van der Waals surface area contributed by atoms with Crippen LogP contribution in [0, 0.1) is 0 Å². The molecule has 0 fully saturated rings. The third-order valence-corrected chi connectivity index (χ3v) is 17.2. The van der Waals surface area contributed by atoms with Crippen molar-refractivity contribution in [3.8, 4) is 0 Å². The van der Waals surface area contributed by atoms with E-state index in [1.165, 1.54) is 0 Å². The molecule has 410 valence electrons. The SMILES string of the molecule is [2H]c1c([2H])c([2H])c(N(c2ccc3c(c2)N(c2ccc4c5ccccc5c5ccccc5c4c2)c2cc(C(C)(C)C)cc4c2B3c2ccc(N(c3c([2H])c([2H])c([2H])c([2H])c3[2H])c3c([2H])c([2H])c([2H])c([2H])c3[2H])cc2N4c2ccc3c4ccccc4c4ccccc4c3c2)c2c([2H])c([2H])c([2H])c([2H])c2[2H])c([2H])c1[2H]. The first kappa shape index (κ1) is 34.2. The van der Waals surface area contributed by atoms with E-state index in [0.717, 1.165) is 85.5 Å². The van der Waals surface area contributed by atoms with Crippen LogP contribution in [-0.2, 0) is 5.41 Å². The van der Waals surface area contributed by atoms with Gasteiger partial charge in [0.25, 0.3) is 6.71 Å². The lowest BCUT2D eigenvalue weighted by Crippen LogP contribution is -2.61. The van der Waals surface area contributed by atoms with Crippen LogP contribution in [0.2, 0.25) is 0 Å². The van der Waals surface area contributed by atoms with Crippen LogP contribution in [0.15, 0.2) is 303 Å². The van der Waals surface area contributed by atoms with E-state index < -0.39 is 156 Å². The van der Waals surface area contributed by atoms with Gasteiger partial charge >= 0.3 is 0 Å². The number of anilines is 12. The van der Waals surface area contributed by atoms with Crippen LogP contribution in [0.3, 0.4) is 0 Å². The summed E-state index contributed by atoms with van der Waals surface area (Å²) in [5.41, 5.74) is 3.72. The summed E-state index contributed by atoms with van der Waals surface area (Å²) in [5, 5.41) is 11.8. The van der Waals surface area contributed by atoms with E-state index in [2.05, 4.69) is 116 Å². The van der Waals surface area contributed by atoms with Gasteiger partial charge in [-0.2, -0.15) is 0 Å². The quantitative estimate of drug-likeness (QED) is 0.111. The smallest absolute Gasteiger partial charge is 0.252 e. The second-order valence-electron chi connectivity index (χ2n) is 23.0. The summed E-state index contributed by atoms with van der Waals surface area (Å²) in [6, 6.07) is 45.4. The fourth-order valence-electron chi connectivity index (χ4n) is 13.5. The Morgan fingerprint density at radius 2 is 0.598 bits per heavy atom. The van der Waals surface area contributed by atoms with Crippen molar-refractivity contribution >= 4 is 156 Å².